The second-order valence-electron chi connectivity index (χ2n) is 9.57. The Morgan fingerprint density at radius 3 is 2.27 bits per heavy atom. The van der Waals surface area contributed by atoms with Gasteiger partial charge in [0.25, 0.3) is 0 Å². The van der Waals surface area contributed by atoms with Crippen LogP contribution in [-0.2, 0) is 22.6 Å². The summed E-state index contributed by atoms with van der Waals surface area (Å²) in [6.07, 6.45) is 1.15. The molecule has 0 aromatic heterocycles. The summed E-state index contributed by atoms with van der Waals surface area (Å²) >= 11 is 0. The number of nitrogens with one attached hydrogen (secondary N) is 3. The fraction of sp³-hybridized carbons (Fsp3) is 0.323. The highest BCUT2D eigenvalue weighted by Gasteiger charge is 2.29. The number of aryl methyl sites for hydroxylation is 1. The maximum atomic E-state index is 13.4. The first-order chi connectivity index (χ1) is 19.8. The van der Waals surface area contributed by atoms with Gasteiger partial charge >= 0.3 is 0 Å². The van der Waals surface area contributed by atoms with Crippen LogP contribution in [0.2, 0.25) is 0 Å². The van der Waals surface area contributed by atoms with Crippen LogP contribution in [-0.4, -0.2) is 46.8 Å². The van der Waals surface area contributed by atoms with Crippen LogP contribution in [0.25, 0.3) is 11.1 Å². The van der Waals surface area contributed by atoms with E-state index in [0.29, 0.717) is 47.8 Å². The van der Waals surface area contributed by atoms with E-state index in [0.717, 1.165) is 22.4 Å². The number of carbonyl (C=O) groups excluding carboxylic acids is 2. The van der Waals surface area contributed by atoms with Gasteiger partial charge in [-0.3, -0.25) is 14.4 Å². The average molecular weight is 562 g/mol. The van der Waals surface area contributed by atoms with Crippen LogP contribution < -0.4 is 40.3 Å². The fourth-order valence-electron chi connectivity index (χ4n) is 5.04. The summed E-state index contributed by atoms with van der Waals surface area (Å²) in [5.41, 5.74) is 3.90. The average Bonchev–Trinajstić information content (AvgIpc) is 3.22. The Labute approximate surface area is 239 Å². The van der Waals surface area contributed by atoms with Gasteiger partial charge in [-0.2, -0.15) is 0 Å². The number of anilines is 1. The molecule has 0 radical (unpaired) electrons. The van der Waals surface area contributed by atoms with Gasteiger partial charge in [-0.25, -0.2) is 0 Å². The number of fused-ring (bicyclic) bond motifs is 3. The third-order valence-electron chi connectivity index (χ3n) is 7.00. The van der Waals surface area contributed by atoms with E-state index in [2.05, 4.69) is 16.0 Å². The summed E-state index contributed by atoms with van der Waals surface area (Å²) in [7, 11) is 6.24. The summed E-state index contributed by atoms with van der Waals surface area (Å²) in [5.74, 6) is 1.68. The summed E-state index contributed by atoms with van der Waals surface area (Å²) < 4.78 is 22.2. The normalized spacial score (nSPS) is 13.5. The molecular formula is C31H35N3O7. The molecule has 0 unspecified atom stereocenters. The summed E-state index contributed by atoms with van der Waals surface area (Å²) in [4.78, 5) is 38.1. The van der Waals surface area contributed by atoms with Crippen molar-refractivity contribution in [2.24, 2.45) is 0 Å². The lowest BCUT2D eigenvalue weighted by atomic mass is 9.95. The van der Waals surface area contributed by atoms with Crippen molar-refractivity contribution in [1.82, 2.24) is 10.6 Å². The standard InChI is InChI=1S/C31H35N3O7/c1-18(35)34-24-12-8-20-14-27(39-3)30(40-4)31(41-5)29(20)22-11-13-25(26(36)15-23(22)24)32-17-28(37)33-16-19-6-9-21(38-2)10-7-19/h6-7,9-11,13-15,24H,8,12,16-17H2,1-5H3,(H,32,36)(H,33,37)(H,34,35)/t24-/m1/s1. The first kappa shape index (κ1) is 29.3. The number of hydrogen-bond donors (Lipinski definition) is 3. The zero-order chi connectivity index (χ0) is 29.5. The molecule has 1 atom stereocenters. The Hall–Kier alpha value is -4.73. The first-order valence-corrected chi connectivity index (χ1v) is 13.2. The lowest BCUT2D eigenvalue weighted by Gasteiger charge is -2.19. The number of methoxy groups -OCH3 is 4. The van der Waals surface area contributed by atoms with E-state index in [1.54, 1.807) is 27.4 Å². The van der Waals surface area contributed by atoms with Crippen LogP contribution in [0.1, 0.15) is 36.1 Å². The topological polar surface area (TPSA) is 124 Å². The Morgan fingerprint density at radius 2 is 1.63 bits per heavy atom. The van der Waals surface area contributed by atoms with E-state index in [9.17, 15) is 14.4 Å². The van der Waals surface area contributed by atoms with E-state index in [4.69, 9.17) is 18.9 Å². The minimum Gasteiger partial charge on any atom is -0.497 e. The quantitative estimate of drug-likeness (QED) is 0.343. The second kappa shape index (κ2) is 13.1. The third-order valence-corrected chi connectivity index (χ3v) is 7.00. The molecular weight excluding hydrogens is 526 g/mol. The highest BCUT2D eigenvalue weighted by atomic mass is 16.5. The van der Waals surface area contributed by atoms with Crippen molar-refractivity contribution in [2.75, 3.05) is 40.3 Å². The number of hydrogen-bond acceptors (Lipinski definition) is 8. The van der Waals surface area contributed by atoms with Gasteiger partial charge in [0.05, 0.1) is 46.7 Å². The van der Waals surface area contributed by atoms with Gasteiger partial charge in [0.2, 0.25) is 23.0 Å². The van der Waals surface area contributed by atoms with Crippen LogP contribution >= 0.6 is 0 Å². The molecule has 0 fully saturated rings. The number of carbonyl (C=O) groups is 2. The van der Waals surface area contributed by atoms with Gasteiger partial charge in [-0.1, -0.05) is 18.2 Å². The Morgan fingerprint density at radius 1 is 0.902 bits per heavy atom. The van der Waals surface area contributed by atoms with Crippen molar-refractivity contribution in [2.45, 2.75) is 32.4 Å². The molecule has 10 heteroatoms. The molecule has 0 saturated carbocycles. The second-order valence-corrected chi connectivity index (χ2v) is 9.57. The Kier molecular flexibility index (Phi) is 9.34. The van der Waals surface area contributed by atoms with Crippen molar-refractivity contribution < 1.29 is 28.5 Å². The molecule has 0 bridgehead atoms. The van der Waals surface area contributed by atoms with Crippen molar-refractivity contribution in [3.8, 4) is 34.1 Å². The van der Waals surface area contributed by atoms with Crippen LogP contribution in [0.4, 0.5) is 5.69 Å². The minimum absolute atomic E-state index is 0.0971. The largest absolute Gasteiger partial charge is 0.497 e. The molecule has 3 N–H and O–H groups in total. The molecule has 0 saturated heterocycles. The zero-order valence-corrected chi connectivity index (χ0v) is 23.9. The van der Waals surface area contributed by atoms with Gasteiger partial charge in [0.1, 0.15) is 5.75 Å². The molecule has 3 aromatic carbocycles. The summed E-state index contributed by atoms with van der Waals surface area (Å²) in [6.45, 7) is 1.69. The van der Waals surface area contributed by atoms with Crippen LogP contribution in [0.5, 0.6) is 23.0 Å². The Balaban J connectivity index is 1.67. The van der Waals surface area contributed by atoms with E-state index in [1.807, 2.05) is 36.4 Å². The van der Waals surface area contributed by atoms with E-state index in [1.165, 1.54) is 20.1 Å². The monoisotopic (exact) mass is 561 g/mol. The summed E-state index contributed by atoms with van der Waals surface area (Å²) in [6, 6.07) is 13.8. The van der Waals surface area contributed by atoms with Crippen molar-refractivity contribution >= 4 is 17.5 Å². The molecule has 0 aliphatic heterocycles. The van der Waals surface area contributed by atoms with Gasteiger partial charge in [0, 0.05) is 19.0 Å². The number of ether oxygens (including phenoxy) is 4. The molecule has 2 amide bonds. The molecule has 1 aliphatic rings. The third kappa shape index (κ3) is 6.54. The maximum absolute atomic E-state index is 13.4. The predicted molar refractivity (Wildman–Crippen MR) is 156 cm³/mol. The van der Waals surface area contributed by atoms with E-state index in [-0.39, 0.29) is 29.5 Å². The van der Waals surface area contributed by atoms with E-state index < -0.39 is 6.04 Å². The number of rotatable bonds is 10. The number of benzene rings is 2. The smallest absolute Gasteiger partial charge is 0.239 e. The first-order valence-electron chi connectivity index (χ1n) is 13.2. The lowest BCUT2D eigenvalue weighted by Crippen LogP contribution is -2.30. The number of amides is 2. The SMILES string of the molecule is COc1ccc(CNC(=O)CNc2ccc3c(cc2=O)[C@H](NC(C)=O)CCc2cc(OC)c(OC)c(OC)c2-3)cc1. The minimum atomic E-state index is -0.419. The van der Waals surface area contributed by atoms with E-state index >= 15 is 0 Å². The van der Waals surface area contributed by atoms with Crippen LogP contribution in [0.3, 0.4) is 0 Å². The fourth-order valence-corrected chi connectivity index (χ4v) is 5.04. The Bertz CT molecular complexity index is 1490. The molecule has 0 heterocycles. The van der Waals surface area contributed by atoms with Crippen molar-refractivity contribution in [1.29, 1.82) is 0 Å². The maximum Gasteiger partial charge on any atom is 0.239 e. The molecule has 10 nitrogen and oxygen atoms in total. The van der Waals surface area contributed by atoms with Crippen molar-refractivity contribution in [3.05, 3.63) is 75.4 Å². The molecule has 41 heavy (non-hydrogen) atoms. The summed E-state index contributed by atoms with van der Waals surface area (Å²) in [5, 5.41) is 8.79. The predicted octanol–water partition coefficient (Wildman–Crippen LogP) is 3.60. The highest BCUT2D eigenvalue weighted by Crippen LogP contribution is 2.50. The van der Waals surface area contributed by atoms with Crippen molar-refractivity contribution in [3.63, 3.8) is 0 Å². The highest BCUT2D eigenvalue weighted by molar-refractivity contribution is 5.84. The molecule has 1 aliphatic carbocycles. The van der Waals surface area contributed by atoms with Gasteiger partial charge in [-0.15, -0.1) is 0 Å². The van der Waals surface area contributed by atoms with Crippen LogP contribution in [0.15, 0.2) is 53.3 Å². The van der Waals surface area contributed by atoms with Gasteiger partial charge in [0.15, 0.2) is 11.5 Å². The van der Waals surface area contributed by atoms with Gasteiger partial charge < -0.3 is 34.9 Å². The van der Waals surface area contributed by atoms with Gasteiger partial charge in [-0.05, 0) is 65.4 Å². The lowest BCUT2D eigenvalue weighted by molar-refractivity contribution is -0.120. The molecule has 216 valence electrons. The molecule has 0 spiro atoms. The van der Waals surface area contributed by atoms with Crippen LogP contribution in [0, 0.1) is 0 Å². The molecule has 4 rings (SSSR count). The zero-order valence-electron chi connectivity index (χ0n) is 23.9. The molecule has 3 aromatic rings.